The van der Waals surface area contributed by atoms with E-state index in [4.69, 9.17) is 9.82 Å². The molecule has 2 saturated heterocycles. The number of benzene rings is 3. The number of aliphatic carboxylic acids is 1. The van der Waals surface area contributed by atoms with Gasteiger partial charge in [0.15, 0.2) is 23.6 Å². The quantitative estimate of drug-likeness (QED) is 0.0378. The normalized spacial score (nSPS) is 19.2. The van der Waals surface area contributed by atoms with Crippen LogP contribution in [0.15, 0.2) is 142 Å². The van der Waals surface area contributed by atoms with E-state index in [1.165, 1.54) is 39.8 Å². The van der Waals surface area contributed by atoms with E-state index in [-0.39, 0.29) is 29.6 Å². The number of nitrogens with zero attached hydrogens (tertiary/aromatic N) is 4. The zero-order valence-corrected chi connectivity index (χ0v) is 33.5. The predicted octanol–water partition coefficient (Wildman–Crippen LogP) is 3.27. The number of fused-ring (bicyclic) bond motifs is 1. The lowest BCUT2D eigenvalue weighted by Crippen LogP contribution is -2.71. The second-order valence-electron chi connectivity index (χ2n) is 13.6. The second-order valence-corrected chi connectivity index (χ2v) is 16.4. The van der Waals surface area contributed by atoms with Crippen LogP contribution in [0.5, 0.6) is 0 Å². The summed E-state index contributed by atoms with van der Waals surface area (Å²) in [6, 6.07) is 34.5. The van der Waals surface area contributed by atoms with Crippen molar-refractivity contribution in [1.29, 1.82) is 0 Å². The summed E-state index contributed by atoms with van der Waals surface area (Å²) >= 11 is 4.12. The first-order valence-corrected chi connectivity index (χ1v) is 21.6. The minimum Gasteiger partial charge on any atom is -0.543 e. The van der Waals surface area contributed by atoms with Crippen LogP contribution in [0.3, 0.4) is 0 Å². The van der Waals surface area contributed by atoms with Crippen molar-refractivity contribution < 1.29 is 33.7 Å². The lowest BCUT2D eigenvalue weighted by molar-refractivity contribution is -0.725. The Labute approximate surface area is 346 Å². The maximum atomic E-state index is 14.2. The molecule has 0 saturated carbocycles. The van der Waals surface area contributed by atoms with E-state index >= 15 is 0 Å². The number of hydrogen-bond donors (Lipinski definition) is 3. The Balaban J connectivity index is 1.10. The monoisotopic (exact) mass is 831 g/mol. The molecule has 8 rings (SSSR count). The number of carbonyl (C=O) groups is 4. The lowest BCUT2D eigenvalue weighted by atomic mass is 9.77. The highest BCUT2D eigenvalue weighted by Crippen LogP contribution is 2.42. The molecule has 3 amide bonds. The largest absolute Gasteiger partial charge is 0.543 e. The maximum Gasteiger partial charge on any atom is 0.276 e. The van der Waals surface area contributed by atoms with Gasteiger partial charge >= 0.3 is 0 Å². The molecular formula is C42H37N7O6S3. The van der Waals surface area contributed by atoms with Crippen molar-refractivity contribution in [3.05, 3.63) is 154 Å². The number of β-lactam (4-membered cyclic amide) rings is 1. The number of anilines is 1. The third kappa shape index (κ3) is 7.45. The Morgan fingerprint density at radius 3 is 2.21 bits per heavy atom. The van der Waals surface area contributed by atoms with Gasteiger partial charge in [-0.15, -0.1) is 23.1 Å². The van der Waals surface area contributed by atoms with E-state index in [1.54, 1.807) is 5.38 Å². The molecule has 58 heavy (non-hydrogen) atoms. The standard InChI is InChI=1S/C42H37N7O6S3/c1-56-32-19-11-12-22-48(32)23-26-24-57-39-34(38(52)49(39)35(26)40(53)54)45-37(51)33(47-55-31-20-21-43-36(31)50)30-25-58-41(44-30)46-42(27-13-5-2-6-14-27,28-15-7-3-8-16-28)29-17-9-4-10-18-29/h2-19,22,25,31,34,39H,20-21,23-24H2,1H3,(H3-,43,44,45,46,50,51,53,54)/b47-33-/t31-,34+,39-/m0/s1. The number of rotatable bonds is 14. The highest BCUT2D eigenvalue weighted by atomic mass is 32.2. The lowest BCUT2D eigenvalue weighted by Gasteiger charge is -2.50. The number of amides is 3. The topological polar surface area (TPSA) is 169 Å². The summed E-state index contributed by atoms with van der Waals surface area (Å²) in [6.45, 7) is 0.652. The zero-order chi connectivity index (χ0) is 40.2. The number of pyridine rings is 1. The summed E-state index contributed by atoms with van der Waals surface area (Å²) < 4.78 is 1.92. The van der Waals surface area contributed by atoms with Gasteiger partial charge in [0.1, 0.15) is 22.6 Å². The van der Waals surface area contributed by atoms with Crippen LogP contribution >= 0.6 is 34.9 Å². The molecular weight excluding hydrogens is 795 g/mol. The average Bonchev–Trinajstić information content (AvgIpc) is 3.90. The molecule has 0 unspecified atom stereocenters. The minimum absolute atomic E-state index is 0.147. The number of aromatic nitrogens is 2. The van der Waals surface area contributed by atoms with Crippen LogP contribution in [0.1, 0.15) is 28.8 Å². The third-order valence-corrected chi connectivity index (χ3v) is 13.0. The first-order chi connectivity index (χ1) is 28.3. The maximum absolute atomic E-state index is 14.2. The van der Waals surface area contributed by atoms with E-state index in [1.807, 2.05) is 126 Å². The van der Waals surface area contributed by atoms with Crippen molar-refractivity contribution in [2.75, 3.05) is 23.9 Å². The van der Waals surface area contributed by atoms with Crippen molar-refractivity contribution >= 4 is 69.4 Å². The molecule has 0 spiro atoms. The third-order valence-electron chi connectivity index (χ3n) is 10.1. The predicted molar refractivity (Wildman–Crippen MR) is 219 cm³/mol. The van der Waals surface area contributed by atoms with E-state index < -0.39 is 40.8 Å². The molecule has 3 atom stereocenters. The fraction of sp³-hybridized carbons (Fsp3) is 0.214. The number of nitrogens with one attached hydrogen (secondary N) is 3. The molecule has 2 aromatic heterocycles. The molecule has 3 aliphatic heterocycles. The number of oxime groups is 1. The van der Waals surface area contributed by atoms with Gasteiger partial charge in [-0.05, 0) is 29.0 Å². The van der Waals surface area contributed by atoms with E-state index in [0.29, 0.717) is 29.4 Å². The molecule has 2 fully saturated rings. The molecule has 3 aliphatic rings. The van der Waals surface area contributed by atoms with Crippen LogP contribution in [0.2, 0.25) is 0 Å². The first kappa shape index (κ1) is 38.9. The molecule has 3 aromatic carbocycles. The van der Waals surface area contributed by atoms with Crippen LogP contribution in [0.4, 0.5) is 5.13 Å². The number of thiazole rings is 1. The molecule has 294 valence electrons. The van der Waals surface area contributed by atoms with Gasteiger partial charge in [-0.25, -0.2) is 4.98 Å². The Bertz CT molecular complexity index is 2310. The van der Waals surface area contributed by atoms with Gasteiger partial charge < -0.3 is 30.7 Å². The Morgan fingerprint density at radius 1 is 0.983 bits per heavy atom. The average molecular weight is 832 g/mol. The minimum atomic E-state index is -1.47. The van der Waals surface area contributed by atoms with Crippen LogP contribution in [-0.2, 0) is 36.1 Å². The van der Waals surface area contributed by atoms with Gasteiger partial charge in [-0.2, -0.15) is 4.57 Å². The summed E-state index contributed by atoms with van der Waals surface area (Å²) in [5, 5.41) is 28.2. The number of carbonyl (C=O) groups excluding carboxylic acids is 4. The Hall–Kier alpha value is -5.97. The number of thioether (sulfide) groups is 2. The summed E-state index contributed by atoms with van der Waals surface area (Å²) in [5.41, 5.74) is 2.17. The van der Waals surface area contributed by atoms with Crippen LogP contribution in [-0.4, -0.2) is 75.4 Å². The van der Waals surface area contributed by atoms with Gasteiger partial charge in [0.05, 0.1) is 11.7 Å². The van der Waals surface area contributed by atoms with Gasteiger partial charge in [0.2, 0.25) is 11.1 Å². The first-order valence-electron chi connectivity index (χ1n) is 18.4. The Kier molecular flexibility index (Phi) is 11.3. The number of carboxylic acids is 1. The van der Waals surface area contributed by atoms with E-state index in [2.05, 4.69) is 21.1 Å². The summed E-state index contributed by atoms with van der Waals surface area (Å²) in [7, 11) is 0. The van der Waals surface area contributed by atoms with Crippen molar-refractivity contribution in [3.8, 4) is 0 Å². The molecule has 5 heterocycles. The zero-order valence-electron chi connectivity index (χ0n) is 31.1. The van der Waals surface area contributed by atoms with Gasteiger partial charge in [-0.3, -0.25) is 19.3 Å². The molecule has 13 nitrogen and oxygen atoms in total. The highest BCUT2D eigenvalue weighted by molar-refractivity contribution is 8.00. The van der Waals surface area contributed by atoms with Crippen molar-refractivity contribution in [1.82, 2.24) is 20.5 Å². The van der Waals surface area contributed by atoms with Crippen molar-refractivity contribution in [2.45, 2.75) is 41.1 Å². The molecule has 0 aliphatic carbocycles. The summed E-state index contributed by atoms with van der Waals surface area (Å²) in [5.74, 6) is -2.90. The highest BCUT2D eigenvalue weighted by Gasteiger charge is 2.53. The molecule has 3 N–H and O–H groups in total. The van der Waals surface area contributed by atoms with E-state index in [9.17, 15) is 24.3 Å². The summed E-state index contributed by atoms with van der Waals surface area (Å²) in [6.07, 6.45) is 3.22. The molecule has 0 radical (unpaired) electrons. The summed E-state index contributed by atoms with van der Waals surface area (Å²) in [4.78, 5) is 64.5. The fourth-order valence-corrected chi connectivity index (χ4v) is 10.0. The second kappa shape index (κ2) is 16.9. The number of hydrogen-bond acceptors (Lipinski definition) is 12. The smallest absolute Gasteiger partial charge is 0.276 e. The van der Waals surface area contributed by atoms with Crippen LogP contribution < -0.4 is 25.6 Å². The molecule has 16 heteroatoms. The van der Waals surface area contributed by atoms with Gasteiger partial charge in [0.25, 0.3) is 17.7 Å². The van der Waals surface area contributed by atoms with Crippen LogP contribution in [0, 0.1) is 0 Å². The van der Waals surface area contributed by atoms with E-state index in [0.717, 1.165) is 21.7 Å². The fourth-order valence-electron chi connectivity index (χ4n) is 7.36. The van der Waals surface area contributed by atoms with Gasteiger partial charge in [0, 0.05) is 41.8 Å². The SMILES string of the molecule is CSc1cccc[n+]1CC1=C(C(=O)[O-])N2C(=O)[C@@H](NC(=O)/C(=N\O[C@H]3CCNC3=O)c3csc(NC(c4ccccc4)(c4ccccc4)c4ccccc4)n3)[C@@H]2SC1. The van der Waals surface area contributed by atoms with Crippen LogP contribution in [0.25, 0.3) is 0 Å². The van der Waals surface area contributed by atoms with Gasteiger partial charge in [-0.1, -0.05) is 108 Å². The molecule has 5 aromatic rings. The number of carboxylic acid groups (broad SMARTS) is 1. The van der Waals surface area contributed by atoms with Crippen molar-refractivity contribution in [2.24, 2.45) is 5.16 Å². The molecule has 0 bridgehead atoms. The van der Waals surface area contributed by atoms with Crippen molar-refractivity contribution in [3.63, 3.8) is 0 Å². The Morgan fingerprint density at radius 2 is 1.62 bits per heavy atom.